The van der Waals surface area contributed by atoms with Crippen molar-refractivity contribution in [1.82, 2.24) is 4.90 Å². The van der Waals surface area contributed by atoms with Crippen LogP contribution in [0.5, 0.6) is 0 Å². The third kappa shape index (κ3) is 3.15. The number of aryl methyl sites for hydroxylation is 1. The molecule has 2 aliphatic rings. The summed E-state index contributed by atoms with van der Waals surface area (Å²) in [6, 6.07) is 7.12. The maximum atomic E-state index is 13.9. The molecule has 0 radical (unpaired) electrons. The molecule has 1 fully saturated rings. The van der Waals surface area contributed by atoms with Gasteiger partial charge in [0.1, 0.15) is 5.82 Å². The fourth-order valence-corrected chi connectivity index (χ4v) is 4.93. The molecule has 0 saturated carbocycles. The average Bonchev–Trinajstić information content (AvgIpc) is 2.99. The van der Waals surface area contributed by atoms with E-state index in [4.69, 9.17) is 0 Å². The van der Waals surface area contributed by atoms with Gasteiger partial charge in [-0.2, -0.15) is 0 Å². The van der Waals surface area contributed by atoms with E-state index < -0.39 is 0 Å². The van der Waals surface area contributed by atoms with E-state index in [1.807, 2.05) is 23.5 Å². The van der Waals surface area contributed by atoms with Gasteiger partial charge in [-0.1, -0.05) is 12.1 Å². The summed E-state index contributed by atoms with van der Waals surface area (Å²) in [5, 5.41) is 2.37. The fraction of sp³-hybridized carbons (Fsp3) is 0.474. The molecule has 2 aromatic rings. The molecule has 0 bridgehead atoms. The van der Waals surface area contributed by atoms with Gasteiger partial charge in [0.25, 0.3) is 0 Å². The molecule has 1 aliphatic carbocycles. The van der Waals surface area contributed by atoms with Crippen molar-refractivity contribution in [3.8, 4) is 0 Å². The monoisotopic (exact) mass is 330 g/mol. The highest BCUT2D eigenvalue weighted by Crippen LogP contribution is 2.31. The van der Waals surface area contributed by atoms with E-state index in [1.165, 1.54) is 25.7 Å². The lowest BCUT2D eigenvalue weighted by Crippen LogP contribution is -2.46. The Hall–Kier alpha value is -1.39. The second-order valence-electron chi connectivity index (χ2n) is 6.58. The van der Waals surface area contributed by atoms with Crippen LogP contribution in [0, 0.1) is 5.82 Å². The summed E-state index contributed by atoms with van der Waals surface area (Å²) in [6.07, 6.45) is 5.25. The van der Waals surface area contributed by atoms with Gasteiger partial charge in [0.2, 0.25) is 0 Å². The molecule has 4 heteroatoms. The molecular weight excluding hydrogens is 307 g/mol. The zero-order chi connectivity index (χ0) is 15.6. The number of fused-ring (bicyclic) bond motifs is 1. The number of halogens is 1. The molecule has 1 saturated heterocycles. The Morgan fingerprint density at radius 1 is 1.00 bits per heavy atom. The molecule has 0 amide bonds. The van der Waals surface area contributed by atoms with E-state index in [0.29, 0.717) is 0 Å². The van der Waals surface area contributed by atoms with E-state index in [9.17, 15) is 4.39 Å². The Labute approximate surface area is 141 Å². The van der Waals surface area contributed by atoms with Crippen LogP contribution >= 0.6 is 11.3 Å². The van der Waals surface area contributed by atoms with Gasteiger partial charge in [0.15, 0.2) is 0 Å². The van der Waals surface area contributed by atoms with Crippen LogP contribution < -0.4 is 4.90 Å². The van der Waals surface area contributed by atoms with Gasteiger partial charge in [-0.25, -0.2) is 4.39 Å². The predicted octanol–water partition coefficient (Wildman–Crippen LogP) is 4.09. The first-order valence-electron chi connectivity index (χ1n) is 8.61. The topological polar surface area (TPSA) is 6.48 Å². The van der Waals surface area contributed by atoms with Gasteiger partial charge in [-0.05, 0) is 54.3 Å². The van der Waals surface area contributed by atoms with Crippen molar-refractivity contribution in [3.63, 3.8) is 0 Å². The molecule has 0 spiro atoms. The molecule has 0 N–H and O–H groups in total. The van der Waals surface area contributed by atoms with Crippen molar-refractivity contribution in [2.45, 2.75) is 32.2 Å². The Kier molecular flexibility index (Phi) is 4.36. The standard InChI is InChI=1S/C19H23FN2S/c20-17-6-2-3-7-18(17)22-11-9-21(10-12-22)13-15-14-23-19-8-4-1-5-16(15)19/h2-3,6-7,14H,1,4-5,8-13H2. The number of piperazine rings is 1. The fourth-order valence-electron chi connectivity index (χ4n) is 3.79. The van der Waals surface area contributed by atoms with Crippen LogP contribution in [-0.4, -0.2) is 31.1 Å². The van der Waals surface area contributed by atoms with E-state index >= 15 is 0 Å². The largest absolute Gasteiger partial charge is 0.367 e. The molecule has 1 aromatic carbocycles. The van der Waals surface area contributed by atoms with Crippen LogP contribution in [0.1, 0.15) is 28.8 Å². The molecule has 0 unspecified atom stereocenters. The maximum absolute atomic E-state index is 13.9. The second-order valence-corrected chi connectivity index (χ2v) is 7.55. The number of rotatable bonds is 3. The smallest absolute Gasteiger partial charge is 0.146 e. The minimum atomic E-state index is -0.104. The van der Waals surface area contributed by atoms with E-state index in [-0.39, 0.29) is 5.82 Å². The first-order valence-corrected chi connectivity index (χ1v) is 9.49. The lowest BCUT2D eigenvalue weighted by Gasteiger charge is -2.36. The van der Waals surface area contributed by atoms with Gasteiger partial charge in [0.05, 0.1) is 5.69 Å². The van der Waals surface area contributed by atoms with Gasteiger partial charge in [-0.15, -0.1) is 11.3 Å². The Morgan fingerprint density at radius 2 is 1.78 bits per heavy atom. The number of nitrogens with zero attached hydrogens (tertiary/aromatic N) is 2. The highest BCUT2D eigenvalue weighted by Gasteiger charge is 2.22. The van der Waals surface area contributed by atoms with Crippen LogP contribution in [0.3, 0.4) is 0 Å². The number of thiophene rings is 1. The van der Waals surface area contributed by atoms with Crippen molar-refractivity contribution in [3.05, 3.63) is 51.5 Å². The Morgan fingerprint density at radius 3 is 2.61 bits per heavy atom. The van der Waals surface area contributed by atoms with E-state index in [1.54, 1.807) is 28.1 Å². The average molecular weight is 330 g/mol. The summed E-state index contributed by atoms with van der Waals surface area (Å²) in [7, 11) is 0. The van der Waals surface area contributed by atoms with E-state index in [2.05, 4.69) is 15.2 Å². The first-order chi connectivity index (χ1) is 11.3. The van der Waals surface area contributed by atoms with Crippen LogP contribution in [0.25, 0.3) is 0 Å². The second kappa shape index (κ2) is 6.62. The predicted molar refractivity (Wildman–Crippen MR) is 94.9 cm³/mol. The first kappa shape index (κ1) is 15.2. The molecule has 2 heterocycles. The third-order valence-corrected chi connectivity index (χ3v) is 6.25. The summed E-state index contributed by atoms with van der Waals surface area (Å²) in [5.41, 5.74) is 3.93. The minimum absolute atomic E-state index is 0.104. The maximum Gasteiger partial charge on any atom is 0.146 e. The SMILES string of the molecule is Fc1ccccc1N1CCN(Cc2csc3c2CCCC3)CC1. The van der Waals surface area contributed by atoms with Crippen molar-refractivity contribution in [2.75, 3.05) is 31.1 Å². The summed E-state index contributed by atoms with van der Waals surface area (Å²) in [6.45, 7) is 4.91. The summed E-state index contributed by atoms with van der Waals surface area (Å²) in [5.74, 6) is -0.104. The number of benzene rings is 1. The summed E-state index contributed by atoms with van der Waals surface area (Å²) in [4.78, 5) is 6.32. The van der Waals surface area contributed by atoms with Crippen molar-refractivity contribution < 1.29 is 4.39 Å². The number of anilines is 1. The molecule has 2 nitrogen and oxygen atoms in total. The zero-order valence-electron chi connectivity index (χ0n) is 13.4. The quantitative estimate of drug-likeness (QED) is 0.836. The molecule has 122 valence electrons. The molecule has 0 atom stereocenters. The zero-order valence-corrected chi connectivity index (χ0v) is 14.2. The van der Waals surface area contributed by atoms with Gasteiger partial charge in [-0.3, -0.25) is 4.90 Å². The highest BCUT2D eigenvalue weighted by molar-refractivity contribution is 7.10. The molecule has 23 heavy (non-hydrogen) atoms. The number of hydrogen-bond acceptors (Lipinski definition) is 3. The Balaban J connectivity index is 1.39. The summed E-state index contributed by atoms with van der Waals surface area (Å²) < 4.78 is 13.9. The van der Waals surface area contributed by atoms with Crippen molar-refractivity contribution in [1.29, 1.82) is 0 Å². The van der Waals surface area contributed by atoms with Crippen LogP contribution in [0.15, 0.2) is 29.6 Å². The normalized spacial score (nSPS) is 18.9. The van der Waals surface area contributed by atoms with Crippen molar-refractivity contribution >= 4 is 17.0 Å². The molecule has 1 aliphatic heterocycles. The molecule has 1 aromatic heterocycles. The lowest BCUT2D eigenvalue weighted by molar-refractivity contribution is 0.248. The van der Waals surface area contributed by atoms with Crippen molar-refractivity contribution in [2.24, 2.45) is 0 Å². The van der Waals surface area contributed by atoms with Crippen LogP contribution in [0.4, 0.5) is 10.1 Å². The van der Waals surface area contributed by atoms with Crippen LogP contribution in [-0.2, 0) is 19.4 Å². The molecular formula is C19H23FN2S. The Bertz CT molecular complexity index is 674. The molecule has 4 rings (SSSR count). The van der Waals surface area contributed by atoms with Gasteiger partial charge < -0.3 is 4.90 Å². The lowest BCUT2D eigenvalue weighted by atomic mass is 9.95. The van der Waals surface area contributed by atoms with E-state index in [0.717, 1.165) is 38.4 Å². The summed E-state index contributed by atoms with van der Waals surface area (Å²) >= 11 is 1.95. The number of hydrogen-bond donors (Lipinski definition) is 0. The number of para-hydroxylation sites is 1. The highest BCUT2D eigenvalue weighted by atomic mass is 32.1. The third-order valence-electron chi connectivity index (χ3n) is 5.11. The minimum Gasteiger partial charge on any atom is -0.367 e. The van der Waals surface area contributed by atoms with Gasteiger partial charge >= 0.3 is 0 Å². The van der Waals surface area contributed by atoms with Gasteiger partial charge in [0, 0.05) is 37.6 Å². The van der Waals surface area contributed by atoms with Crippen LogP contribution in [0.2, 0.25) is 0 Å².